The van der Waals surface area contributed by atoms with E-state index in [2.05, 4.69) is 10.3 Å². The van der Waals surface area contributed by atoms with Crippen molar-refractivity contribution in [2.45, 2.75) is 37.6 Å². The van der Waals surface area contributed by atoms with Crippen molar-refractivity contribution in [2.75, 3.05) is 31.6 Å². The molecule has 2 rings (SSSR count). The predicted octanol–water partition coefficient (Wildman–Crippen LogP) is 1.55. The number of nitrogens with one attached hydrogen (secondary N) is 1. The molecule has 25 heavy (non-hydrogen) atoms. The maximum absolute atomic E-state index is 12.6. The van der Waals surface area contributed by atoms with Crippen LogP contribution in [0.2, 0.25) is 0 Å². The number of alkyl halides is 3. The number of amides is 1. The fourth-order valence-corrected chi connectivity index (χ4v) is 2.75. The Kier molecular flexibility index (Phi) is 6.60. The lowest BCUT2D eigenvalue weighted by Crippen LogP contribution is -2.46. The lowest BCUT2D eigenvalue weighted by atomic mass is 10.0. The molecule has 2 heterocycles. The third kappa shape index (κ3) is 5.57. The Morgan fingerprint density at radius 3 is 2.60 bits per heavy atom. The van der Waals surface area contributed by atoms with E-state index in [0.29, 0.717) is 31.7 Å². The highest BCUT2D eigenvalue weighted by Crippen LogP contribution is 2.29. The fraction of sp³-hybridized carbons (Fsp3) is 0.625. The lowest BCUT2D eigenvalue weighted by Gasteiger charge is -2.33. The van der Waals surface area contributed by atoms with Crippen LogP contribution in [0.15, 0.2) is 18.3 Å². The number of aromatic nitrogens is 1. The Bertz CT molecular complexity index is 553. The molecule has 1 fully saturated rings. The average Bonchev–Trinajstić information content (AvgIpc) is 2.59. The van der Waals surface area contributed by atoms with Gasteiger partial charge >= 0.3 is 6.18 Å². The number of nitrogens with two attached hydrogens (primary N) is 1. The van der Waals surface area contributed by atoms with Crippen molar-refractivity contribution in [1.29, 1.82) is 0 Å². The van der Waals surface area contributed by atoms with Crippen LogP contribution in [0.4, 0.5) is 19.0 Å². The topological polar surface area (TPSA) is 80.5 Å². The van der Waals surface area contributed by atoms with Crippen molar-refractivity contribution in [2.24, 2.45) is 5.73 Å². The van der Waals surface area contributed by atoms with Crippen LogP contribution in [0, 0.1) is 0 Å². The molecule has 1 aliphatic rings. The van der Waals surface area contributed by atoms with Crippen molar-refractivity contribution in [1.82, 2.24) is 10.3 Å². The molecule has 1 unspecified atom stereocenters. The summed E-state index contributed by atoms with van der Waals surface area (Å²) in [6, 6.07) is 2.45. The van der Waals surface area contributed by atoms with Crippen molar-refractivity contribution >= 4 is 11.7 Å². The number of piperidine rings is 1. The molecule has 1 atom stereocenters. The summed E-state index contributed by atoms with van der Waals surface area (Å²) in [5, 5.41) is 2.95. The Hall–Kier alpha value is -1.87. The number of carbonyl (C=O) groups excluding carboxylic acids is 1. The summed E-state index contributed by atoms with van der Waals surface area (Å²) in [5.41, 5.74) is 4.74. The van der Waals surface area contributed by atoms with Gasteiger partial charge in [-0.25, -0.2) is 4.98 Å². The Balaban J connectivity index is 1.82. The van der Waals surface area contributed by atoms with E-state index in [-0.39, 0.29) is 31.0 Å². The molecule has 3 N–H and O–H groups in total. The minimum Gasteiger partial charge on any atom is -0.380 e. The second kappa shape index (κ2) is 8.48. The zero-order valence-electron chi connectivity index (χ0n) is 14.1. The molecule has 0 radical (unpaired) electrons. The predicted molar refractivity (Wildman–Crippen MR) is 87.1 cm³/mol. The monoisotopic (exact) mass is 360 g/mol. The third-order valence-corrected chi connectivity index (χ3v) is 4.27. The van der Waals surface area contributed by atoms with Crippen LogP contribution in [0.3, 0.4) is 0 Å². The molecular formula is C16H23F3N4O2. The first-order chi connectivity index (χ1) is 11.8. The van der Waals surface area contributed by atoms with E-state index < -0.39 is 11.7 Å². The summed E-state index contributed by atoms with van der Waals surface area (Å²) in [4.78, 5) is 17.8. The van der Waals surface area contributed by atoms with Crippen LogP contribution in [0.25, 0.3) is 0 Å². The van der Waals surface area contributed by atoms with Gasteiger partial charge in [-0.15, -0.1) is 0 Å². The molecule has 140 valence electrons. The Morgan fingerprint density at radius 2 is 2.12 bits per heavy atom. The third-order valence-electron chi connectivity index (χ3n) is 4.27. The Morgan fingerprint density at radius 1 is 1.44 bits per heavy atom. The molecule has 1 aliphatic heterocycles. The summed E-state index contributed by atoms with van der Waals surface area (Å²) in [7, 11) is 1.51. The van der Waals surface area contributed by atoms with Gasteiger partial charge in [-0.1, -0.05) is 0 Å². The number of carbonyl (C=O) groups is 1. The summed E-state index contributed by atoms with van der Waals surface area (Å²) in [6.45, 7) is 1.52. The van der Waals surface area contributed by atoms with Crippen LogP contribution in [-0.4, -0.2) is 49.8 Å². The quantitative estimate of drug-likeness (QED) is 0.805. The first-order valence-electron chi connectivity index (χ1n) is 8.14. The van der Waals surface area contributed by atoms with E-state index in [1.165, 1.54) is 13.2 Å². The minimum atomic E-state index is -4.38. The zero-order valence-corrected chi connectivity index (χ0v) is 14.1. The largest absolute Gasteiger partial charge is 0.417 e. The van der Waals surface area contributed by atoms with E-state index in [1.54, 1.807) is 0 Å². The van der Waals surface area contributed by atoms with Crippen molar-refractivity contribution < 1.29 is 22.7 Å². The van der Waals surface area contributed by atoms with Gasteiger partial charge in [0, 0.05) is 39.0 Å². The fourth-order valence-electron chi connectivity index (χ4n) is 2.75. The average molecular weight is 360 g/mol. The first-order valence-corrected chi connectivity index (χ1v) is 8.14. The van der Waals surface area contributed by atoms with Gasteiger partial charge in [-0.2, -0.15) is 13.2 Å². The lowest BCUT2D eigenvalue weighted by molar-refractivity contribution is -0.137. The molecule has 1 saturated heterocycles. The van der Waals surface area contributed by atoms with Crippen LogP contribution < -0.4 is 16.0 Å². The van der Waals surface area contributed by atoms with Gasteiger partial charge in [-0.05, 0) is 25.0 Å². The maximum atomic E-state index is 12.6. The van der Waals surface area contributed by atoms with Gasteiger partial charge in [0.05, 0.1) is 18.1 Å². The van der Waals surface area contributed by atoms with Crippen molar-refractivity contribution in [3.63, 3.8) is 0 Å². The number of pyridine rings is 1. The number of ether oxygens (including phenoxy) is 1. The van der Waals surface area contributed by atoms with E-state index >= 15 is 0 Å². The molecule has 9 heteroatoms. The maximum Gasteiger partial charge on any atom is 0.417 e. The van der Waals surface area contributed by atoms with Gasteiger partial charge in [-0.3, -0.25) is 4.79 Å². The normalized spacial score (nSPS) is 17.4. The summed E-state index contributed by atoms with van der Waals surface area (Å²) in [5.74, 6) is 0.406. The van der Waals surface area contributed by atoms with Gasteiger partial charge in [0.15, 0.2) is 0 Å². The number of rotatable bonds is 6. The summed E-state index contributed by atoms with van der Waals surface area (Å²) >= 11 is 0. The zero-order chi connectivity index (χ0) is 18.4. The number of methoxy groups -OCH3 is 1. The van der Waals surface area contributed by atoms with E-state index in [0.717, 1.165) is 12.3 Å². The smallest absolute Gasteiger partial charge is 0.380 e. The molecule has 0 aromatic carbocycles. The molecule has 1 aromatic heterocycles. The molecule has 1 amide bonds. The van der Waals surface area contributed by atoms with Crippen molar-refractivity contribution in [3.8, 4) is 0 Å². The van der Waals surface area contributed by atoms with Gasteiger partial charge in [0.1, 0.15) is 5.82 Å². The number of anilines is 1. The molecule has 0 bridgehead atoms. The van der Waals surface area contributed by atoms with Crippen molar-refractivity contribution in [3.05, 3.63) is 23.9 Å². The van der Waals surface area contributed by atoms with Crippen LogP contribution in [0.5, 0.6) is 0 Å². The standard InChI is InChI=1S/C16H23F3N4O2/c1-25-13(9-20)8-15(24)22-12-4-6-23(7-5-12)14-3-2-11(10-21-14)16(17,18)19/h2-3,10,12-13H,4-9,20H2,1H3,(H,22,24). The molecule has 0 saturated carbocycles. The molecular weight excluding hydrogens is 337 g/mol. The Labute approximate surface area is 144 Å². The number of halogens is 3. The number of hydrogen-bond acceptors (Lipinski definition) is 5. The van der Waals surface area contributed by atoms with E-state index in [4.69, 9.17) is 10.5 Å². The number of hydrogen-bond donors (Lipinski definition) is 2. The van der Waals surface area contributed by atoms with E-state index in [1.807, 2.05) is 4.90 Å². The first kappa shape index (κ1) is 19.5. The highest BCUT2D eigenvalue weighted by Gasteiger charge is 2.31. The number of nitrogens with zero attached hydrogens (tertiary/aromatic N) is 2. The van der Waals surface area contributed by atoms with Crippen LogP contribution >= 0.6 is 0 Å². The highest BCUT2D eigenvalue weighted by molar-refractivity contribution is 5.76. The van der Waals surface area contributed by atoms with E-state index in [9.17, 15) is 18.0 Å². The summed E-state index contributed by atoms with van der Waals surface area (Å²) < 4.78 is 42.8. The van der Waals surface area contributed by atoms with Gasteiger partial charge < -0.3 is 20.7 Å². The van der Waals surface area contributed by atoms with Crippen LogP contribution in [-0.2, 0) is 15.7 Å². The summed E-state index contributed by atoms with van der Waals surface area (Å²) in [6.07, 6.45) is -2.21. The highest BCUT2D eigenvalue weighted by atomic mass is 19.4. The SMILES string of the molecule is COC(CN)CC(=O)NC1CCN(c2ccc(C(F)(F)F)cn2)CC1. The molecule has 0 spiro atoms. The second-order valence-corrected chi connectivity index (χ2v) is 6.03. The minimum absolute atomic E-state index is 0.0356. The van der Waals surface area contributed by atoms with Gasteiger partial charge in [0.2, 0.25) is 5.91 Å². The molecule has 6 nitrogen and oxygen atoms in total. The molecule has 1 aromatic rings. The molecule has 0 aliphatic carbocycles. The second-order valence-electron chi connectivity index (χ2n) is 6.03. The van der Waals surface area contributed by atoms with Crippen LogP contribution in [0.1, 0.15) is 24.8 Å². The van der Waals surface area contributed by atoms with Gasteiger partial charge in [0.25, 0.3) is 0 Å².